The molecule has 6 heteroatoms. The van der Waals surface area contributed by atoms with Crippen molar-refractivity contribution in [2.45, 2.75) is 117 Å². The van der Waals surface area contributed by atoms with E-state index in [1.807, 2.05) is 0 Å². The fraction of sp³-hybridized carbons (Fsp3) is 0.391. The molecule has 0 heterocycles. The maximum absolute atomic E-state index is 6.60. The fourth-order valence-electron chi connectivity index (χ4n) is 6.68. The Kier molecular flexibility index (Phi) is 18.4. The number of hydrogen-bond acceptors (Lipinski definition) is 0. The van der Waals surface area contributed by atoms with Crippen LogP contribution in [0, 0.1) is 12.2 Å². The first-order valence-electron chi connectivity index (χ1n) is 18.1. The number of allylic oxidation sites excluding steroid dienone is 16. The quantitative estimate of drug-likeness (QED) is 0.215. The molecule has 0 aromatic heterocycles. The topological polar surface area (TPSA) is 0 Å². The Morgan fingerprint density at radius 2 is 1.02 bits per heavy atom. The number of hydrogen-bond donors (Lipinski definition) is 0. The van der Waals surface area contributed by atoms with Gasteiger partial charge in [-0.05, 0) is 82.7 Å². The summed E-state index contributed by atoms with van der Waals surface area (Å²) >= 11 is 14.7. The Labute approximate surface area is 353 Å². The molecule has 6 rings (SSSR count). The van der Waals surface area contributed by atoms with E-state index in [0.717, 1.165) is 35.7 Å². The largest absolute Gasteiger partial charge is 1.00 e. The van der Waals surface area contributed by atoms with Crippen LogP contribution in [0.3, 0.4) is 0 Å². The minimum absolute atomic E-state index is 0. The molecule has 2 atom stereocenters. The fourth-order valence-corrected chi connectivity index (χ4v) is 7.63. The summed E-state index contributed by atoms with van der Waals surface area (Å²) in [5.74, 6) is 0.728. The van der Waals surface area contributed by atoms with Crippen molar-refractivity contribution >= 4 is 28.7 Å². The van der Waals surface area contributed by atoms with Crippen molar-refractivity contribution in [3.63, 3.8) is 0 Å². The average molecular weight is 955 g/mol. The van der Waals surface area contributed by atoms with Crippen LogP contribution < -0.4 is 24.8 Å². The van der Waals surface area contributed by atoms with E-state index in [2.05, 4.69) is 166 Å². The van der Waals surface area contributed by atoms with Gasteiger partial charge in [0.1, 0.15) is 0 Å². The Balaban J connectivity index is 0.000000316. The maximum atomic E-state index is 6.60. The standard InChI is InChI=1S/2C22H24Cl.C2H6Si.2ClH.Hf/c2*1-5-15-12-16-8-6-7-9-18(19(16)13-15)17-10-11-20(21(23)14-17)22(2,3)4;1-3-2;;;/h2*6-8,10-11,13-14,18H,5,9H2,1-4H3;1-2H3;2*1H;/q2*-1;;;;+2/p-2. The van der Waals surface area contributed by atoms with Gasteiger partial charge >= 0.3 is 41.6 Å². The minimum Gasteiger partial charge on any atom is -1.00 e. The van der Waals surface area contributed by atoms with Crippen LogP contribution in [0.15, 0.2) is 118 Å². The summed E-state index contributed by atoms with van der Waals surface area (Å²) in [6, 6.07) is 13.2. The molecule has 0 nitrogen and oxygen atoms in total. The van der Waals surface area contributed by atoms with Crippen molar-refractivity contribution < 1.29 is 47.8 Å². The molecule has 2 aromatic carbocycles. The normalized spacial score (nSPS) is 18.7. The van der Waals surface area contributed by atoms with Crippen LogP contribution in [0.1, 0.15) is 115 Å². The first-order chi connectivity index (χ1) is 23.5. The van der Waals surface area contributed by atoms with E-state index < -0.39 is 0 Å². The number of rotatable bonds is 4. The summed E-state index contributed by atoms with van der Waals surface area (Å²) in [5, 5.41) is 1.75. The minimum atomic E-state index is 0. The van der Waals surface area contributed by atoms with E-state index in [4.69, 9.17) is 23.2 Å². The molecule has 276 valence electrons. The van der Waals surface area contributed by atoms with Gasteiger partial charge in [-0.25, -0.2) is 0 Å². The van der Waals surface area contributed by atoms with Crippen LogP contribution in [-0.4, -0.2) is 5.49 Å². The maximum Gasteiger partial charge on any atom is -1.00 e. The van der Waals surface area contributed by atoms with Gasteiger partial charge in [-0.2, -0.15) is 34.4 Å². The van der Waals surface area contributed by atoms with Gasteiger partial charge in [-0.15, -0.1) is 47.6 Å². The summed E-state index contributed by atoms with van der Waals surface area (Å²) in [6.07, 6.45) is 28.9. The second-order valence-electron chi connectivity index (χ2n) is 15.8. The predicted molar refractivity (Wildman–Crippen MR) is 217 cm³/mol. The number of benzene rings is 2. The SMILES string of the molecule is CCC1=[C-]C2=CC=CCC(c3ccc(C(C)(C)C)c(Cl)c3)C2=C1.CCC1=[C-]C2=CC=CCC(c3ccc(C(C)(C)C)c(Cl)c3)C2=C1.C[Si](C)=[Hf+2].[Cl-].[Cl-]. The van der Waals surface area contributed by atoms with Gasteiger partial charge in [0.05, 0.1) is 0 Å². The summed E-state index contributed by atoms with van der Waals surface area (Å²) in [6.45, 7) is 22.3. The van der Waals surface area contributed by atoms with Crippen molar-refractivity contribution in [1.82, 2.24) is 0 Å². The zero-order valence-corrected chi connectivity index (χ0v) is 40.2. The van der Waals surface area contributed by atoms with E-state index in [1.54, 1.807) is 0 Å². The Bertz CT molecular complexity index is 1720. The van der Waals surface area contributed by atoms with Crippen LogP contribution in [0.2, 0.25) is 23.1 Å². The van der Waals surface area contributed by atoms with Gasteiger partial charge in [0, 0.05) is 10.0 Å². The van der Waals surface area contributed by atoms with Gasteiger partial charge in [0.15, 0.2) is 0 Å². The Morgan fingerprint density at radius 1 is 0.673 bits per heavy atom. The zero-order chi connectivity index (χ0) is 36.8. The van der Waals surface area contributed by atoms with E-state index in [9.17, 15) is 0 Å². The third-order valence-electron chi connectivity index (χ3n) is 9.33. The van der Waals surface area contributed by atoms with Crippen LogP contribution in [0.5, 0.6) is 0 Å². The van der Waals surface area contributed by atoms with Crippen LogP contribution in [-0.2, 0) is 33.8 Å². The number of fused-ring (bicyclic) bond motifs is 2. The Hall–Kier alpha value is -1.39. The first kappa shape index (κ1) is 46.8. The van der Waals surface area contributed by atoms with Crippen molar-refractivity contribution in [1.29, 1.82) is 0 Å². The smallest absolute Gasteiger partial charge is 1.00 e. The molecule has 0 fully saturated rings. The second-order valence-corrected chi connectivity index (χ2v) is 29.4. The molecule has 52 heavy (non-hydrogen) atoms. The molecule has 4 aliphatic rings. The van der Waals surface area contributed by atoms with E-state index in [-0.39, 0.29) is 41.1 Å². The summed E-state index contributed by atoms with van der Waals surface area (Å²) in [5.41, 5.74) is 13.2. The number of halogens is 4. The van der Waals surface area contributed by atoms with Crippen LogP contribution in [0.25, 0.3) is 0 Å². The third kappa shape index (κ3) is 12.3. The van der Waals surface area contributed by atoms with Crippen molar-refractivity contribution in [2.75, 3.05) is 0 Å². The molecule has 0 amide bonds. The molecule has 0 saturated carbocycles. The summed E-state index contributed by atoms with van der Waals surface area (Å²) in [7, 11) is 0. The summed E-state index contributed by atoms with van der Waals surface area (Å²) in [4.78, 5) is 0. The van der Waals surface area contributed by atoms with Gasteiger partial charge < -0.3 is 24.8 Å². The first-order valence-corrected chi connectivity index (χ1v) is 26.7. The molecular weight excluding hydrogens is 901 g/mol. The molecule has 0 spiro atoms. The van der Waals surface area contributed by atoms with Crippen LogP contribution >= 0.6 is 23.2 Å². The van der Waals surface area contributed by atoms with Crippen molar-refractivity contribution in [3.05, 3.63) is 163 Å². The van der Waals surface area contributed by atoms with Gasteiger partial charge in [-0.3, -0.25) is 0 Å². The van der Waals surface area contributed by atoms with Gasteiger partial charge in [0.2, 0.25) is 0 Å². The van der Waals surface area contributed by atoms with Crippen molar-refractivity contribution in [2.24, 2.45) is 0 Å². The molecular formula is C46H54Cl4HfSi-2. The average Bonchev–Trinajstić information content (AvgIpc) is 3.51. The monoisotopic (exact) mass is 954 g/mol. The van der Waals surface area contributed by atoms with Gasteiger partial charge in [0.25, 0.3) is 0 Å². The van der Waals surface area contributed by atoms with E-state index in [0.29, 0.717) is 11.8 Å². The molecule has 0 bridgehead atoms. The van der Waals surface area contributed by atoms with E-state index >= 15 is 0 Å². The molecule has 4 aliphatic carbocycles. The third-order valence-corrected chi connectivity index (χ3v) is 9.96. The summed E-state index contributed by atoms with van der Waals surface area (Å²) < 4.78 is 0. The Morgan fingerprint density at radius 3 is 1.31 bits per heavy atom. The van der Waals surface area contributed by atoms with Crippen LogP contribution in [0.4, 0.5) is 0 Å². The van der Waals surface area contributed by atoms with Crippen molar-refractivity contribution in [3.8, 4) is 0 Å². The molecule has 0 radical (unpaired) electrons. The molecule has 2 aromatic rings. The second kappa shape index (κ2) is 20.5. The van der Waals surface area contributed by atoms with E-state index in [1.165, 1.54) is 78.7 Å². The molecule has 0 aliphatic heterocycles. The molecule has 0 N–H and O–H groups in total. The van der Waals surface area contributed by atoms with Gasteiger partial charge in [-0.1, -0.05) is 115 Å². The zero-order valence-electron chi connectivity index (χ0n) is 32.6. The molecule has 2 unspecified atom stereocenters. The molecule has 0 saturated heterocycles. The predicted octanol–water partition coefficient (Wildman–Crippen LogP) is 8.17.